The molecular weight excluding hydrogens is 750 g/mol. The third-order valence-corrected chi connectivity index (χ3v) is 10.6. The number of pyridine rings is 1. The van der Waals surface area contributed by atoms with E-state index < -0.39 is 59.1 Å². The number of hydrogen-bond acceptors (Lipinski definition) is 12. The highest BCUT2D eigenvalue weighted by Gasteiger charge is 2.54. The summed E-state index contributed by atoms with van der Waals surface area (Å²) in [6, 6.07) is 11.5. The van der Waals surface area contributed by atoms with Crippen LogP contribution in [0.4, 0.5) is 14.9 Å². The fourth-order valence-corrected chi connectivity index (χ4v) is 7.88. The van der Waals surface area contributed by atoms with Crippen molar-refractivity contribution in [1.82, 2.24) is 19.7 Å². The molecule has 1 aromatic heterocycles. The van der Waals surface area contributed by atoms with Gasteiger partial charge in [-0.2, -0.15) is 0 Å². The number of esters is 2. The van der Waals surface area contributed by atoms with E-state index >= 15 is 4.39 Å². The smallest absolute Gasteiger partial charge is 0.414 e. The number of aryl methyl sites for hydroxylation is 1. The largest absolute Gasteiger partial charge is 0.484 e. The number of carbonyl (C=O) groups excluding carboxylic acids is 5. The van der Waals surface area contributed by atoms with Crippen molar-refractivity contribution in [1.29, 1.82) is 0 Å². The standard InChI is InChI=1S/C39H40FN5O10S/c1-4-16-52-38(50)34-24(23-56-36-33(35(48)45(34)36)41-32(47)22-54-25-10-8-7-9-11-25)21-55-37(49)30-20-31(46)26-18-27(40)29(19-28(26)44(30)6-3)42-12-14-43(15-13-42)39(51)53-17-5-2/h4-5,7-11,17-20,33,36H,1,6,12-16,21-23H2,2-3H3,(H,41,47)/t33-,36-/m1/s1. The fraction of sp³-hybridized carbons (Fsp3) is 0.333. The third-order valence-electron chi connectivity index (χ3n) is 9.27. The maximum absolute atomic E-state index is 15.5. The summed E-state index contributed by atoms with van der Waals surface area (Å²) in [5.74, 6) is -2.80. The molecule has 17 heteroatoms. The van der Waals surface area contributed by atoms with Crippen LogP contribution in [0, 0.1) is 5.82 Å². The number of anilines is 1. The number of halogens is 1. The van der Waals surface area contributed by atoms with Crippen LogP contribution in [0.3, 0.4) is 0 Å². The maximum Gasteiger partial charge on any atom is 0.414 e. The predicted octanol–water partition coefficient (Wildman–Crippen LogP) is 3.57. The van der Waals surface area contributed by atoms with E-state index in [1.165, 1.54) is 40.0 Å². The van der Waals surface area contributed by atoms with Crippen LogP contribution >= 0.6 is 11.8 Å². The SMILES string of the molecule is C=CCOC(=O)C1=C(COC(=O)c2cc(=O)c3cc(F)c(N4CCN(C(=O)OC=CC)CC4)cc3n2CC)CS[C@@H]2[C@H](NC(=O)COc3ccccc3)C(=O)N12. The maximum atomic E-state index is 15.5. The topological polar surface area (TPSA) is 166 Å². The summed E-state index contributed by atoms with van der Waals surface area (Å²) in [6.07, 6.45) is 3.74. The summed E-state index contributed by atoms with van der Waals surface area (Å²) in [4.78, 5) is 83.1. The second-order valence-electron chi connectivity index (χ2n) is 12.8. The Morgan fingerprint density at radius 2 is 1.77 bits per heavy atom. The van der Waals surface area contributed by atoms with Gasteiger partial charge in [0, 0.05) is 55.5 Å². The number of thioether (sulfide) groups is 1. The van der Waals surface area contributed by atoms with Crippen LogP contribution in [-0.2, 0) is 35.1 Å². The van der Waals surface area contributed by atoms with Gasteiger partial charge in [0.15, 0.2) is 12.0 Å². The zero-order valence-corrected chi connectivity index (χ0v) is 31.6. The first-order valence-corrected chi connectivity index (χ1v) is 18.9. The molecule has 0 aliphatic carbocycles. The molecule has 2 saturated heterocycles. The number of carbonyl (C=O) groups is 5. The number of hydrogen-bond donors (Lipinski definition) is 1. The molecule has 2 fully saturated rings. The average molecular weight is 790 g/mol. The Bertz CT molecular complexity index is 2170. The quantitative estimate of drug-likeness (QED) is 0.0882. The van der Waals surface area contributed by atoms with Crippen LogP contribution < -0.4 is 20.4 Å². The number of β-lactam (4-membered cyclic amide) rings is 1. The fourth-order valence-electron chi connectivity index (χ4n) is 6.56. The molecule has 294 valence electrons. The molecule has 1 N–H and O–H groups in total. The van der Waals surface area contributed by atoms with E-state index in [2.05, 4.69) is 11.9 Å². The number of para-hydroxylation sites is 1. The highest BCUT2D eigenvalue weighted by molar-refractivity contribution is 8.00. The van der Waals surface area contributed by atoms with Crippen LogP contribution in [0.15, 0.2) is 89.6 Å². The minimum Gasteiger partial charge on any atom is -0.484 e. The number of ether oxygens (including phenoxy) is 4. The second kappa shape index (κ2) is 17.6. The van der Waals surface area contributed by atoms with Crippen molar-refractivity contribution in [2.45, 2.75) is 31.8 Å². The number of benzene rings is 2. The second-order valence-corrected chi connectivity index (χ2v) is 13.9. The zero-order valence-electron chi connectivity index (χ0n) is 30.7. The van der Waals surface area contributed by atoms with E-state index in [9.17, 15) is 28.8 Å². The van der Waals surface area contributed by atoms with Crippen LogP contribution in [0.2, 0.25) is 0 Å². The molecule has 4 heterocycles. The van der Waals surface area contributed by atoms with Gasteiger partial charge >= 0.3 is 18.0 Å². The van der Waals surface area contributed by atoms with Crippen LogP contribution in [0.25, 0.3) is 10.9 Å². The molecule has 3 aromatic rings. The van der Waals surface area contributed by atoms with Crippen molar-refractivity contribution >= 4 is 58.2 Å². The van der Waals surface area contributed by atoms with Crippen LogP contribution in [0.1, 0.15) is 24.3 Å². The van der Waals surface area contributed by atoms with Gasteiger partial charge in [-0.15, -0.1) is 11.8 Å². The molecule has 3 aliphatic rings. The van der Waals surface area contributed by atoms with Gasteiger partial charge in [-0.3, -0.25) is 19.3 Å². The normalized spacial score (nSPS) is 18.0. The molecule has 15 nitrogen and oxygen atoms in total. The van der Waals surface area contributed by atoms with Gasteiger partial charge in [0.2, 0.25) is 0 Å². The number of aromatic nitrogens is 1. The van der Waals surface area contributed by atoms with Crippen molar-refractivity contribution in [2.24, 2.45) is 0 Å². The Hall–Kier alpha value is -6.10. The Labute approximate surface area is 325 Å². The highest BCUT2D eigenvalue weighted by atomic mass is 32.2. The van der Waals surface area contributed by atoms with Crippen molar-refractivity contribution in [3.8, 4) is 5.75 Å². The van der Waals surface area contributed by atoms with E-state index in [4.69, 9.17) is 18.9 Å². The summed E-state index contributed by atoms with van der Waals surface area (Å²) in [7, 11) is 0. The van der Waals surface area contributed by atoms with Gasteiger partial charge in [0.25, 0.3) is 11.8 Å². The zero-order chi connectivity index (χ0) is 39.9. The third kappa shape index (κ3) is 8.27. The van der Waals surface area contributed by atoms with E-state index in [-0.39, 0.29) is 66.6 Å². The van der Waals surface area contributed by atoms with E-state index in [1.54, 1.807) is 53.7 Å². The first-order chi connectivity index (χ1) is 27.1. The van der Waals surface area contributed by atoms with Crippen LogP contribution in [0.5, 0.6) is 5.75 Å². The van der Waals surface area contributed by atoms with Crippen LogP contribution in [-0.4, -0.2) is 107 Å². The molecule has 6 rings (SSSR count). The summed E-state index contributed by atoms with van der Waals surface area (Å²) in [5.41, 5.74) is -0.0289. The molecule has 3 amide bonds. The first-order valence-electron chi connectivity index (χ1n) is 17.8. The summed E-state index contributed by atoms with van der Waals surface area (Å²) < 4.78 is 38.5. The molecular formula is C39H40FN5O10S. The predicted molar refractivity (Wildman–Crippen MR) is 204 cm³/mol. The average Bonchev–Trinajstić information content (AvgIpc) is 3.22. The van der Waals surface area contributed by atoms with Gasteiger partial charge in [0.05, 0.1) is 17.5 Å². The molecule has 0 spiro atoms. The van der Waals surface area contributed by atoms with Crippen molar-refractivity contribution in [3.05, 3.63) is 107 Å². The van der Waals surface area contributed by atoms with Crippen molar-refractivity contribution < 1.29 is 47.3 Å². The number of fused-ring (bicyclic) bond motifs is 2. The Kier molecular flexibility index (Phi) is 12.4. The number of nitrogens with one attached hydrogen (secondary N) is 1. The molecule has 56 heavy (non-hydrogen) atoms. The highest BCUT2D eigenvalue weighted by Crippen LogP contribution is 2.41. The molecule has 3 aliphatic heterocycles. The van der Waals surface area contributed by atoms with Crippen molar-refractivity contribution in [2.75, 3.05) is 56.7 Å². The van der Waals surface area contributed by atoms with E-state index in [0.717, 1.165) is 12.1 Å². The summed E-state index contributed by atoms with van der Waals surface area (Å²) in [5, 5.41) is 2.09. The molecule has 0 unspecified atom stereocenters. The monoisotopic (exact) mass is 789 g/mol. The first kappa shape index (κ1) is 39.6. The lowest BCUT2D eigenvalue weighted by Crippen LogP contribution is -2.71. The number of allylic oxidation sites excluding steroid dienone is 1. The Balaban J connectivity index is 1.19. The van der Waals surface area contributed by atoms with E-state index in [1.807, 2.05) is 6.07 Å². The minimum absolute atomic E-state index is 0.0625. The lowest BCUT2D eigenvalue weighted by Gasteiger charge is -2.49. The lowest BCUT2D eigenvalue weighted by molar-refractivity contribution is -0.152. The van der Waals surface area contributed by atoms with Gasteiger partial charge < -0.3 is 38.6 Å². The number of amides is 3. The van der Waals surface area contributed by atoms with Crippen molar-refractivity contribution in [3.63, 3.8) is 0 Å². The van der Waals surface area contributed by atoms with Gasteiger partial charge in [0.1, 0.15) is 47.6 Å². The molecule has 0 saturated carbocycles. The number of nitrogens with zero attached hydrogens (tertiary/aromatic N) is 4. The summed E-state index contributed by atoms with van der Waals surface area (Å²) >= 11 is 1.26. The van der Waals surface area contributed by atoms with E-state index in [0.29, 0.717) is 24.4 Å². The Morgan fingerprint density at radius 3 is 2.46 bits per heavy atom. The van der Waals surface area contributed by atoms with Gasteiger partial charge in [-0.05, 0) is 38.1 Å². The van der Waals surface area contributed by atoms with Gasteiger partial charge in [-0.25, -0.2) is 18.8 Å². The number of rotatable bonds is 13. The molecule has 0 bridgehead atoms. The minimum atomic E-state index is -0.937. The molecule has 0 radical (unpaired) electrons. The Morgan fingerprint density at radius 1 is 1.02 bits per heavy atom. The summed E-state index contributed by atoms with van der Waals surface area (Å²) in [6.45, 7) is 7.51. The molecule has 2 aromatic carbocycles. The van der Waals surface area contributed by atoms with Gasteiger partial charge in [-0.1, -0.05) is 36.9 Å². The number of piperazine rings is 1. The lowest BCUT2D eigenvalue weighted by atomic mass is 10.0. The molecule has 2 atom stereocenters.